The lowest BCUT2D eigenvalue weighted by Gasteiger charge is -2.24. The first-order chi connectivity index (χ1) is 12.9. The van der Waals surface area contributed by atoms with Crippen LogP contribution in [-0.4, -0.2) is 37.0 Å². The second kappa shape index (κ2) is 8.44. The molecule has 1 aliphatic rings. The van der Waals surface area contributed by atoms with Gasteiger partial charge in [-0.2, -0.15) is 0 Å². The highest BCUT2D eigenvalue weighted by Crippen LogP contribution is 2.30. The molecule has 0 aliphatic carbocycles. The SMILES string of the molecule is Cc1ccccc1CN(C)C(=O)COC(=O)[C@H]1COc2ccc(Cl)cc2C1. The van der Waals surface area contributed by atoms with Crippen molar-refractivity contribution >= 4 is 23.5 Å². The minimum absolute atomic E-state index is 0.237. The minimum Gasteiger partial charge on any atom is -0.492 e. The summed E-state index contributed by atoms with van der Waals surface area (Å²) in [6.45, 7) is 2.43. The van der Waals surface area contributed by atoms with Gasteiger partial charge >= 0.3 is 5.97 Å². The standard InChI is InChI=1S/C21H22ClNO4/c1-14-5-3-4-6-15(14)11-23(2)20(24)13-27-21(25)17-9-16-10-18(22)7-8-19(16)26-12-17/h3-8,10,17H,9,11-13H2,1-2H3/t17-/m1/s1. The molecule has 0 unspecified atom stereocenters. The average molecular weight is 388 g/mol. The van der Waals surface area contributed by atoms with E-state index in [1.807, 2.05) is 31.2 Å². The van der Waals surface area contributed by atoms with Crippen LogP contribution in [0.2, 0.25) is 5.02 Å². The second-order valence-corrected chi connectivity index (χ2v) is 7.18. The van der Waals surface area contributed by atoms with E-state index in [1.54, 1.807) is 30.1 Å². The lowest BCUT2D eigenvalue weighted by atomic mass is 9.97. The number of hydrogen-bond donors (Lipinski definition) is 0. The number of carbonyl (C=O) groups excluding carboxylic acids is 2. The molecule has 0 N–H and O–H groups in total. The fraction of sp³-hybridized carbons (Fsp3) is 0.333. The summed E-state index contributed by atoms with van der Waals surface area (Å²) in [5.41, 5.74) is 3.05. The lowest BCUT2D eigenvalue weighted by Crippen LogP contribution is -2.34. The van der Waals surface area contributed by atoms with Gasteiger partial charge in [0.1, 0.15) is 12.4 Å². The first kappa shape index (κ1) is 19.2. The maximum atomic E-state index is 12.3. The molecular formula is C21H22ClNO4. The predicted octanol–water partition coefficient (Wildman–Crippen LogP) is 3.40. The zero-order chi connectivity index (χ0) is 19.4. The highest BCUT2D eigenvalue weighted by Gasteiger charge is 2.28. The quantitative estimate of drug-likeness (QED) is 0.738. The van der Waals surface area contributed by atoms with E-state index in [1.165, 1.54) is 0 Å². The summed E-state index contributed by atoms with van der Waals surface area (Å²) < 4.78 is 10.8. The Morgan fingerprint density at radius 2 is 2.04 bits per heavy atom. The molecule has 6 heteroatoms. The van der Waals surface area contributed by atoms with E-state index in [9.17, 15) is 9.59 Å². The molecule has 0 saturated carbocycles. The monoisotopic (exact) mass is 387 g/mol. The Bertz CT molecular complexity index is 852. The zero-order valence-electron chi connectivity index (χ0n) is 15.4. The van der Waals surface area contributed by atoms with Crippen molar-refractivity contribution in [2.75, 3.05) is 20.3 Å². The van der Waals surface area contributed by atoms with E-state index in [2.05, 4.69) is 0 Å². The van der Waals surface area contributed by atoms with E-state index in [0.29, 0.717) is 18.0 Å². The van der Waals surface area contributed by atoms with Gasteiger partial charge in [0.2, 0.25) is 0 Å². The number of esters is 1. The summed E-state index contributed by atoms with van der Waals surface area (Å²) in [6, 6.07) is 13.2. The highest BCUT2D eigenvalue weighted by atomic mass is 35.5. The average Bonchev–Trinajstić information content (AvgIpc) is 2.66. The molecular weight excluding hydrogens is 366 g/mol. The van der Waals surface area contributed by atoms with E-state index in [4.69, 9.17) is 21.1 Å². The third-order valence-electron chi connectivity index (χ3n) is 4.69. The predicted molar refractivity (Wildman–Crippen MR) is 103 cm³/mol. The summed E-state index contributed by atoms with van der Waals surface area (Å²) >= 11 is 6.00. The third kappa shape index (κ3) is 4.80. The van der Waals surface area contributed by atoms with Gasteiger partial charge in [-0.15, -0.1) is 0 Å². The van der Waals surface area contributed by atoms with Gasteiger partial charge in [-0.3, -0.25) is 9.59 Å². The van der Waals surface area contributed by atoms with Gasteiger partial charge in [-0.25, -0.2) is 0 Å². The first-order valence-corrected chi connectivity index (χ1v) is 9.18. The van der Waals surface area contributed by atoms with E-state index >= 15 is 0 Å². The van der Waals surface area contributed by atoms with Crippen molar-refractivity contribution in [3.8, 4) is 5.75 Å². The molecule has 1 aliphatic heterocycles. The Hall–Kier alpha value is -2.53. The molecule has 0 radical (unpaired) electrons. The molecule has 3 rings (SSSR count). The molecule has 0 fully saturated rings. The Balaban J connectivity index is 1.51. The molecule has 2 aromatic carbocycles. The van der Waals surface area contributed by atoms with Crippen molar-refractivity contribution in [3.63, 3.8) is 0 Å². The Morgan fingerprint density at radius 1 is 1.26 bits per heavy atom. The number of carbonyl (C=O) groups is 2. The van der Waals surface area contributed by atoms with Crippen LogP contribution in [0, 0.1) is 12.8 Å². The third-order valence-corrected chi connectivity index (χ3v) is 4.93. The normalized spacial score (nSPS) is 15.4. The molecule has 0 bridgehead atoms. The van der Waals surface area contributed by atoms with Crippen LogP contribution in [0.25, 0.3) is 0 Å². The number of ether oxygens (including phenoxy) is 2. The maximum Gasteiger partial charge on any atom is 0.313 e. The number of rotatable bonds is 5. The number of hydrogen-bond acceptors (Lipinski definition) is 4. The van der Waals surface area contributed by atoms with Crippen LogP contribution in [0.1, 0.15) is 16.7 Å². The van der Waals surface area contributed by atoms with Crippen LogP contribution >= 0.6 is 11.6 Å². The molecule has 27 heavy (non-hydrogen) atoms. The topological polar surface area (TPSA) is 55.8 Å². The Morgan fingerprint density at radius 3 is 2.81 bits per heavy atom. The summed E-state index contributed by atoms with van der Waals surface area (Å²) in [7, 11) is 1.70. The molecule has 2 aromatic rings. The Labute approximate surface area is 163 Å². The number of amides is 1. The van der Waals surface area contributed by atoms with E-state index in [-0.39, 0.29) is 19.1 Å². The molecule has 1 atom stereocenters. The minimum atomic E-state index is -0.439. The second-order valence-electron chi connectivity index (χ2n) is 6.75. The number of likely N-dealkylation sites (N-methyl/N-ethyl adjacent to an activating group) is 1. The van der Waals surface area contributed by atoms with Gasteiger partial charge in [0.15, 0.2) is 6.61 Å². The van der Waals surface area contributed by atoms with Crippen molar-refractivity contribution in [1.29, 1.82) is 0 Å². The highest BCUT2D eigenvalue weighted by molar-refractivity contribution is 6.30. The maximum absolute atomic E-state index is 12.3. The number of nitrogens with zero attached hydrogens (tertiary/aromatic N) is 1. The van der Waals surface area contributed by atoms with Crippen molar-refractivity contribution in [1.82, 2.24) is 4.90 Å². The molecule has 1 amide bonds. The fourth-order valence-corrected chi connectivity index (χ4v) is 3.20. The number of aryl methyl sites for hydroxylation is 1. The summed E-state index contributed by atoms with van der Waals surface area (Å²) in [5.74, 6) is -0.382. The molecule has 0 aromatic heterocycles. The van der Waals surface area contributed by atoms with Gasteiger partial charge in [0.05, 0.1) is 5.92 Å². The zero-order valence-corrected chi connectivity index (χ0v) is 16.2. The molecule has 5 nitrogen and oxygen atoms in total. The van der Waals surface area contributed by atoms with Crippen molar-refractivity contribution in [2.24, 2.45) is 5.92 Å². The van der Waals surface area contributed by atoms with Crippen LogP contribution in [0.5, 0.6) is 5.75 Å². The van der Waals surface area contributed by atoms with Crippen LogP contribution in [-0.2, 0) is 27.3 Å². The van der Waals surface area contributed by atoms with Crippen LogP contribution in [0.4, 0.5) is 0 Å². The molecule has 142 valence electrons. The molecule has 0 saturated heterocycles. The van der Waals surface area contributed by atoms with Crippen molar-refractivity contribution in [3.05, 3.63) is 64.2 Å². The molecule has 0 spiro atoms. The summed E-state index contributed by atoms with van der Waals surface area (Å²) in [5, 5.41) is 0.597. The van der Waals surface area contributed by atoms with Gasteiger partial charge in [0, 0.05) is 18.6 Å². The summed E-state index contributed by atoms with van der Waals surface area (Å²) in [6.07, 6.45) is 0.488. The smallest absolute Gasteiger partial charge is 0.313 e. The summed E-state index contributed by atoms with van der Waals surface area (Å²) in [4.78, 5) is 26.2. The van der Waals surface area contributed by atoms with Gasteiger partial charge in [-0.1, -0.05) is 35.9 Å². The van der Waals surface area contributed by atoms with Crippen molar-refractivity contribution < 1.29 is 19.1 Å². The van der Waals surface area contributed by atoms with E-state index in [0.717, 1.165) is 22.4 Å². The van der Waals surface area contributed by atoms with Crippen LogP contribution < -0.4 is 4.74 Å². The molecule has 1 heterocycles. The largest absolute Gasteiger partial charge is 0.492 e. The number of fused-ring (bicyclic) bond motifs is 1. The number of halogens is 1. The lowest BCUT2D eigenvalue weighted by molar-refractivity contribution is -0.156. The van der Waals surface area contributed by atoms with E-state index < -0.39 is 11.9 Å². The fourth-order valence-electron chi connectivity index (χ4n) is 3.01. The van der Waals surface area contributed by atoms with Crippen LogP contribution in [0.3, 0.4) is 0 Å². The number of benzene rings is 2. The van der Waals surface area contributed by atoms with Gasteiger partial charge < -0.3 is 14.4 Å². The Kier molecular flexibility index (Phi) is 6.01. The first-order valence-electron chi connectivity index (χ1n) is 8.80. The van der Waals surface area contributed by atoms with Crippen molar-refractivity contribution in [2.45, 2.75) is 19.9 Å². The van der Waals surface area contributed by atoms with Crippen LogP contribution in [0.15, 0.2) is 42.5 Å². The van der Waals surface area contributed by atoms with Gasteiger partial charge in [-0.05, 0) is 48.2 Å². The van der Waals surface area contributed by atoms with Gasteiger partial charge in [0.25, 0.3) is 5.91 Å².